The quantitative estimate of drug-likeness (QED) is 0.863. The summed E-state index contributed by atoms with van der Waals surface area (Å²) in [5.41, 5.74) is 0.131. The number of phenolic OH excluding ortho intramolecular Hbond substituents is 1. The van der Waals surface area contributed by atoms with Crippen LogP contribution in [0.3, 0.4) is 0 Å². The van der Waals surface area contributed by atoms with Gasteiger partial charge < -0.3 is 9.84 Å². The number of ketones is 1. The summed E-state index contributed by atoms with van der Waals surface area (Å²) in [6.45, 7) is -3.05. The first kappa shape index (κ1) is 12.9. The molecule has 19 heavy (non-hydrogen) atoms. The molecule has 6 heteroatoms. The molecule has 0 aliphatic heterocycles. The first-order chi connectivity index (χ1) is 9.08. The average molecular weight is 265 g/mol. The van der Waals surface area contributed by atoms with E-state index in [1.165, 1.54) is 30.6 Å². The largest absolute Gasteiger partial charge is 0.508 e. The second kappa shape index (κ2) is 5.43. The van der Waals surface area contributed by atoms with Crippen LogP contribution >= 0.6 is 0 Å². The Morgan fingerprint density at radius 3 is 2.53 bits per heavy atom. The second-order valence-corrected chi connectivity index (χ2v) is 3.62. The van der Waals surface area contributed by atoms with Gasteiger partial charge in [0.25, 0.3) is 0 Å². The van der Waals surface area contributed by atoms with Crippen LogP contribution in [0, 0.1) is 0 Å². The zero-order valence-corrected chi connectivity index (χ0v) is 9.59. The number of rotatable bonds is 4. The second-order valence-electron chi connectivity index (χ2n) is 3.62. The Kier molecular flexibility index (Phi) is 3.70. The molecule has 0 unspecified atom stereocenters. The summed E-state index contributed by atoms with van der Waals surface area (Å²) in [6.07, 6.45) is 2.81. The molecule has 0 saturated heterocycles. The smallest absolute Gasteiger partial charge is 0.387 e. The van der Waals surface area contributed by atoms with Gasteiger partial charge in [0, 0.05) is 18.0 Å². The van der Waals surface area contributed by atoms with Crippen molar-refractivity contribution in [3.8, 4) is 11.5 Å². The maximum Gasteiger partial charge on any atom is 0.387 e. The summed E-state index contributed by atoms with van der Waals surface area (Å²) in [6, 6.07) is 6.26. The standard InChI is InChI=1S/C13H9F2NO3/c14-13(15)19-11-2-1-9(17)7-10(11)12(18)8-3-5-16-6-4-8/h1-7,13,17H. The monoisotopic (exact) mass is 265 g/mol. The number of benzene rings is 1. The Bertz CT molecular complexity index is 588. The van der Waals surface area contributed by atoms with E-state index in [0.29, 0.717) is 0 Å². The third-order valence-electron chi connectivity index (χ3n) is 2.37. The summed E-state index contributed by atoms with van der Waals surface area (Å²) in [5.74, 6) is -1.03. The zero-order chi connectivity index (χ0) is 13.8. The van der Waals surface area contributed by atoms with Crippen molar-refractivity contribution in [1.82, 2.24) is 4.98 Å². The minimum absolute atomic E-state index is 0.133. The fourth-order valence-corrected chi connectivity index (χ4v) is 1.55. The minimum Gasteiger partial charge on any atom is -0.508 e. The molecule has 0 aliphatic rings. The maximum atomic E-state index is 12.3. The third kappa shape index (κ3) is 3.04. The molecule has 1 aromatic heterocycles. The van der Waals surface area contributed by atoms with Gasteiger partial charge in [-0.05, 0) is 30.3 Å². The molecular formula is C13H9F2NO3. The molecule has 1 N–H and O–H groups in total. The van der Waals surface area contributed by atoms with Crippen LogP contribution < -0.4 is 4.74 Å². The van der Waals surface area contributed by atoms with Crippen LogP contribution in [0.5, 0.6) is 11.5 Å². The molecule has 0 aliphatic carbocycles. The molecule has 2 rings (SSSR count). The summed E-state index contributed by atoms with van der Waals surface area (Å²) < 4.78 is 28.8. The van der Waals surface area contributed by atoms with E-state index in [4.69, 9.17) is 0 Å². The van der Waals surface area contributed by atoms with E-state index in [1.54, 1.807) is 0 Å². The SMILES string of the molecule is O=C(c1ccncc1)c1cc(O)ccc1OC(F)F. The van der Waals surface area contributed by atoms with E-state index in [2.05, 4.69) is 9.72 Å². The van der Waals surface area contributed by atoms with Gasteiger partial charge in [-0.1, -0.05) is 0 Å². The predicted octanol–water partition coefficient (Wildman–Crippen LogP) is 2.62. The number of carbonyl (C=O) groups is 1. The third-order valence-corrected chi connectivity index (χ3v) is 2.37. The number of aromatic nitrogens is 1. The molecule has 98 valence electrons. The number of ether oxygens (including phenoxy) is 1. The van der Waals surface area contributed by atoms with Crippen molar-refractivity contribution in [1.29, 1.82) is 0 Å². The topological polar surface area (TPSA) is 59.4 Å². The van der Waals surface area contributed by atoms with Crippen molar-refractivity contribution in [3.05, 3.63) is 53.9 Å². The van der Waals surface area contributed by atoms with E-state index in [9.17, 15) is 18.7 Å². The van der Waals surface area contributed by atoms with Crippen LogP contribution in [0.15, 0.2) is 42.7 Å². The van der Waals surface area contributed by atoms with Gasteiger partial charge in [0.2, 0.25) is 0 Å². The van der Waals surface area contributed by atoms with Gasteiger partial charge in [-0.15, -0.1) is 0 Å². The van der Waals surface area contributed by atoms with E-state index < -0.39 is 12.4 Å². The van der Waals surface area contributed by atoms with Crippen molar-refractivity contribution < 1.29 is 23.4 Å². The molecule has 0 fully saturated rings. The molecule has 0 radical (unpaired) electrons. The predicted molar refractivity (Wildman–Crippen MR) is 62.4 cm³/mol. The number of hydrogen-bond donors (Lipinski definition) is 1. The van der Waals surface area contributed by atoms with Crippen molar-refractivity contribution in [2.24, 2.45) is 0 Å². The van der Waals surface area contributed by atoms with Crippen molar-refractivity contribution >= 4 is 5.78 Å². The van der Waals surface area contributed by atoms with Crippen LogP contribution in [0.2, 0.25) is 0 Å². The normalized spacial score (nSPS) is 10.5. The fourth-order valence-electron chi connectivity index (χ4n) is 1.55. The van der Waals surface area contributed by atoms with Crippen LogP contribution in [-0.4, -0.2) is 22.5 Å². The van der Waals surface area contributed by atoms with Crippen LogP contribution in [0.4, 0.5) is 8.78 Å². The number of pyridine rings is 1. The fraction of sp³-hybridized carbons (Fsp3) is 0.0769. The lowest BCUT2D eigenvalue weighted by Crippen LogP contribution is -2.09. The molecule has 0 atom stereocenters. The van der Waals surface area contributed by atoms with E-state index in [0.717, 1.165) is 12.1 Å². The van der Waals surface area contributed by atoms with E-state index >= 15 is 0 Å². The molecule has 1 heterocycles. The van der Waals surface area contributed by atoms with Crippen molar-refractivity contribution in [3.63, 3.8) is 0 Å². The first-order valence-corrected chi connectivity index (χ1v) is 5.30. The summed E-state index contributed by atoms with van der Waals surface area (Å²) in [4.78, 5) is 15.9. The molecular weight excluding hydrogens is 256 g/mol. The lowest BCUT2D eigenvalue weighted by molar-refractivity contribution is -0.0501. The summed E-state index contributed by atoms with van der Waals surface area (Å²) in [5, 5.41) is 9.36. The minimum atomic E-state index is -3.05. The summed E-state index contributed by atoms with van der Waals surface area (Å²) >= 11 is 0. The van der Waals surface area contributed by atoms with Crippen LogP contribution in [-0.2, 0) is 0 Å². The van der Waals surface area contributed by atoms with Gasteiger partial charge >= 0.3 is 6.61 Å². The van der Waals surface area contributed by atoms with Gasteiger partial charge in [-0.3, -0.25) is 9.78 Å². The molecule has 0 spiro atoms. The number of carbonyl (C=O) groups excluding carboxylic acids is 1. The van der Waals surface area contributed by atoms with E-state index in [1.807, 2.05) is 0 Å². The maximum absolute atomic E-state index is 12.3. The van der Waals surface area contributed by atoms with Gasteiger partial charge in [0.1, 0.15) is 11.5 Å². The Labute approximate surface area is 107 Å². The number of hydrogen-bond acceptors (Lipinski definition) is 4. The number of nitrogens with zero attached hydrogens (tertiary/aromatic N) is 1. The highest BCUT2D eigenvalue weighted by Gasteiger charge is 2.18. The van der Waals surface area contributed by atoms with Gasteiger partial charge in [0.05, 0.1) is 5.56 Å². The molecule has 2 aromatic rings. The highest BCUT2D eigenvalue weighted by Crippen LogP contribution is 2.27. The number of aromatic hydroxyl groups is 1. The van der Waals surface area contributed by atoms with Gasteiger partial charge in [-0.2, -0.15) is 8.78 Å². The van der Waals surface area contributed by atoms with Crippen LogP contribution in [0.25, 0.3) is 0 Å². The Morgan fingerprint density at radius 1 is 1.21 bits per heavy atom. The lowest BCUT2D eigenvalue weighted by atomic mass is 10.0. The Hall–Kier alpha value is -2.50. The average Bonchev–Trinajstić information content (AvgIpc) is 2.40. The van der Waals surface area contributed by atoms with Gasteiger partial charge in [-0.25, -0.2) is 0 Å². The molecule has 0 saturated carbocycles. The highest BCUT2D eigenvalue weighted by molar-refractivity contribution is 6.10. The van der Waals surface area contributed by atoms with Crippen molar-refractivity contribution in [2.45, 2.75) is 6.61 Å². The number of halogens is 2. The number of alkyl halides is 2. The van der Waals surface area contributed by atoms with Crippen molar-refractivity contribution in [2.75, 3.05) is 0 Å². The molecule has 4 nitrogen and oxygen atoms in total. The van der Waals surface area contributed by atoms with Gasteiger partial charge in [0.15, 0.2) is 5.78 Å². The first-order valence-electron chi connectivity index (χ1n) is 5.30. The summed E-state index contributed by atoms with van der Waals surface area (Å²) in [7, 11) is 0. The highest BCUT2D eigenvalue weighted by atomic mass is 19.3. The molecule has 0 amide bonds. The Morgan fingerprint density at radius 2 is 1.89 bits per heavy atom. The van der Waals surface area contributed by atoms with E-state index in [-0.39, 0.29) is 22.6 Å². The molecule has 0 bridgehead atoms. The lowest BCUT2D eigenvalue weighted by Gasteiger charge is -2.10. The zero-order valence-electron chi connectivity index (χ0n) is 9.59. The Balaban J connectivity index is 2.43. The number of phenols is 1. The molecule has 1 aromatic carbocycles. The van der Waals surface area contributed by atoms with Crippen LogP contribution in [0.1, 0.15) is 15.9 Å².